The van der Waals surface area contributed by atoms with Gasteiger partial charge < -0.3 is 38.1 Å². The second kappa shape index (κ2) is 24.5. The first kappa shape index (κ1) is 51.1. The van der Waals surface area contributed by atoms with Crippen LogP contribution in [0, 0.1) is 0 Å². The number of allylic oxidation sites excluding steroid dienone is 3. The summed E-state index contributed by atoms with van der Waals surface area (Å²) >= 11 is 0. The maximum Gasteiger partial charge on any atom is 0.294 e. The van der Waals surface area contributed by atoms with E-state index in [1.807, 2.05) is 59.8 Å². The molecule has 3 aliphatic rings. The molecule has 1 atom stereocenters. The third-order valence-electron chi connectivity index (χ3n) is 10.1. The van der Waals surface area contributed by atoms with Crippen molar-refractivity contribution in [3.63, 3.8) is 0 Å². The predicted octanol–water partition coefficient (Wildman–Crippen LogP) is 3.12. The van der Waals surface area contributed by atoms with E-state index in [2.05, 4.69) is 0 Å². The summed E-state index contributed by atoms with van der Waals surface area (Å²) in [6.45, 7) is 8.47. The molecular weight excluding hydrogens is 873 g/mol. The van der Waals surface area contributed by atoms with Crippen LogP contribution in [0.25, 0.3) is 17.4 Å². The number of hydrogen-bond acceptors (Lipinski definition) is 14. The molecule has 0 saturated heterocycles. The van der Waals surface area contributed by atoms with Gasteiger partial charge in [-0.3, -0.25) is 13.7 Å². The summed E-state index contributed by atoms with van der Waals surface area (Å²) in [5, 5.41) is 9.51. The monoisotopic (exact) mass is 931 g/mol. The van der Waals surface area contributed by atoms with Gasteiger partial charge in [-0.15, -0.1) is 0 Å². The van der Waals surface area contributed by atoms with Crippen molar-refractivity contribution in [2.75, 3.05) is 109 Å². The zero-order valence-electron chi connectivity index (χ0n) is 35.1. The first-order valence-corrected chi connectivity index (χ1v) is 24.9. The molecule has 0 bridgehead atoms. The molecule has 1 aliphatic carbocycles. The molecule has 0 aromatic heterocycles. The summed E-state index contributed by atoms with van der Waals surface area (Å²) in [5.74, 6) is -0.289. The van der Waals surface area contributed by atoms with Crippen molar-refractivity contribution >= 4 is 42.1 Å². The molecule has 1 aromatic carbocycles. The second-order valence-electron chi connectivity index (χ2n) is 14.5. The summed E-state index contributed by atoms with van der Waals surface area (Å²) in [6.07, 6.45) is 7.59. The molecule has 4 N–H and O–H groups in total. The highest BCUT2D eigenvalue weighted by molar-refractivity contribution is 7.86. The summed E-state index contributed by atoms with van der Waals surface area (Å²) in [4.78, 5) is 1.64. The molecule has 2 heterocycles. The van der Waals surface area contributed by atoms with Crippen molar-refractivity contribution in [1.82, 2.24) is 4.58 Å². The van der Waals surface area contributed by atoms with Gasteiger partial charge in [0, 0.05) is 41.4 Å². The van der Waals surface area contributed by atoms with E-state index < -0.39 is 41.5 Å². The Morgan fingerprint density at radius 2 is 1.35 bits per heavy atom. The fraction of sp³-hybridized carbons (Fsp3) is 0.537. The average Bonchev–Trinajstić information content (AvgIpc) is 3.43. The van der Waals surface area contributed by atoms with Crippen LogP contribution in [0.5, 0.6) is 0 Å². The van der Waals surface area contributed by atoms with Crippen LogP contribution in [0.4, 0.5) is 5.69 Å². The Hall–Kier alpha value is -3.58. The van der Waals surface area contributed by atoms with Crippen LogP contribution in [-0.4, -0.2) is 148 Å². The molecule has 1 unspecified atom stereocenters. The smallest absolute Gasteiger partial charge is 0.294 e. The Bertz CT molecular complexity index is 2330. The Morgan fingerprint density at radius 1 is 0.758 bits per heavy atom. The lowest BCUT2D eigenvalue weighted by molar-refractivity contribution is -0.0128. The summed E-state index contributed by atoms with van der Waals surface area (Å²) in [7, 11) is -13.0. The van der Waals surface area contributed by atoms with Gasteiger partial charge in [-0.25, -0.2) is 4.58 Å². The zero-order valence-corrected chi connectivity index (χ0v) is 37.5. The summed E-state index contributed by atoms with van der Waals surface area (Å²) < 4.78 is 135. The molecular formula is C41H59N2O16S3+. The van der Waals surface area contributed by atoms with Gasteiger partial charge >= 0.3 is 0 Å². The van der Waals surface area contributed by atoms with Gasteiger partial charge in [0.25, 0.3) is 30.4 Å². The molecule has 0 spiro atoms. The van der Waals surface area contributed by atoms with Gasteiger partial charge in [0.1, 0.15) is 18.8 Å². The van der Waals surface area contributed by atoms with Gasteiger partial charge in [0.15, 0.2) is 0 Å². The number of anilines is 1. The van der Waals surface area contributed by atoms with E-state index in [9.17, 15) is 34.4 Å². The molecule has 1 aromatic rings. The normalized spacial score (nSPS) is 17.1. The fourth-order valence-electron chi connectivity index (χ4n) is 7.12. The maximum atomic E-state index is 12.3. The van der Waals surface area contributed by atoms with Crippen molar-refractivity contribution in [3.8, 4) is 11.3 Å². The van der Waals surface area contributed by atoms with E-state index in [1.165, 1.54) is 12.1 Å². The first-order valence-electron chi connectivity index (χ1n) is 20.2. The van der Waals surface area contributed by atoms with Crippen LogP contribution < -0.4 is 14.8 Å². The minimum Gasteiger partial charge on any atom is -0.464 e. The standard InChI is InChI=1S/C41H58N2O16S3/c1-3-42(15-6-30-61(48,49)50)34-9-11-36-33(13-18-59-39(36)31-34)7-4-8-40-41(2,14-5-29-60(45,46)47)37-32-35(62(51,52)53)10-12-38(37)43(40)16-19-54-21-23-56-25-27-58-28-26-57-24-22-55-20-17-44/h4,7-13,18,31-32,44H,3,5-6,14-17,19-30H2,1-2H3,(H2-,45,46,47,48,49,50,51,52,53)/p+1. The third-order valence-corrected chi connectivity index (χ3v) is 12.6. The first-order chi connectivity index (χ1) is 29.5. The van der Waals surface area contributed by atoms with E-state index in [4.69, 9.17) is 37.8 Å². The van der Waals surface area contributed by atoms with Gasteiger partial charge in [-0.05, 0) is 74.2 Å². The van der Waals surface area contributed by atoms with Crippen LogP contribution >= 0.6 is 0 Å². The van der Waals surface area contributed by atoms with Gasteiger partial charge in [-0.2, -0.15) is 25.3 Å². The SMILES string of the molecule is CC[N+](CCCS(=O)(=O)O)=c1ccc2c(C=CC=C3N(CCOCCOCCOCCOCCOCCO)c4ccc(S(=O)(=O)O)cc4C3(C)CCCS(=O)(=O)O)ccoc-2c1. The fourth-order valence-corrected chi connectivity index (χ4v) is 8.63. The average molecular weight is 932 g/mol. The minimum atomic E-state index is -4.59. The van der Waals surface area contributed by atoms with Crippen LogP contribution in [-0.2, 0) is 59.5 Å². The Balaban J connectivity index is 1.52. The van der Waals surface area contributed by atoms with E-state index in [0.717, 1.165) is 16.5 Å². The molecule has 346 valence electrons. The number of aliphatic hydroxyl groups excluding tert-OH is 1. The van der Waals surface area contributed by atoms with Gasteiger partial charge in [-0.1, -0.05) is 12.2 Å². The number of ether oxygens (including phenoxy) is 5. The molecule has 0 amide bonds. The molecule has 21 heteroatoms. The summed E-state index contributed by atoms with van der Waals surface area (Å²) in [6, 6.07) is 11.7. The van der Waals surface area contributed by atoms with Gasteiger partial charge in [0.2, 0.25) is 5.36 Å². The van der Waals surface area contributed by atoms with Crippen LogP contribution in [0.15, 0.2) is 75.9 Å². The summed E-state index contributed by atoms with van der Waals surface area (Å²) in [5.41, 5.74) is 2.48. The molecule has 0 fully saturated rings. The molecule has 62 heavy (non-hydrogen) atoms. The number of benzene rings is 2. The maximum absolute atomic E-state index is 12.3. The van der Waals surface area contributed by atoms with Crippen molar-refractivity contribution < 1.29 is 72.1 Å². The Labute approximate surface area is 364 Å². The lowest BCUT2D eigenvalue weighted by Gasteiger charge is -2.30. The van der Waals surface area contributed by atoms with Crippen LogP contribution in [0.2, 0.25) is 0 Å². The van der Waals surface area contributed by atoms with E-state index in [-0.39, 0.29) is 56.3 Å². The predicted molar refractivity (Wildman–Crippen MR) is 232 cm³/mol. The topological polar surface area (TPSA) is 249 Å². The van der Waals surface area contributed by atoms with E-state index in [0.29, 0.717) is 88.6 Å². The van der Waals surface area contributed by atoms with Crippen molar-refractivity contribution in [2.24, 2.45) is 0 Å². The number of rotatable bonds is 29. The number of fused-ring (bicyclic) bond motifs is 2. The number of nitrogens with zero attached hydrogens (tertiary/aromatic N) is 2. The highest BCUT2D eigenvalue weighted by atomic mass is 32.2. The highest BCUT2D eigenvalue weighted by Crippen LogP contribution is 2.51. The molecule has 2 aliphatic heterocycles. The van der Waals surface area contributed by atoms with E-state index >= 15 is 0 Å². The number of aliphatic hydroxyl groups is 1. The lowest BCUT2D eigenvalue weighted by Crippen LogP contribution is -2.31. The molecule has 4 rings (SSSR count). The van der Waals surface area contributed by atoms with Crippen LogP contribution in [0.1, 0.15) is 44.2 Å². The molecule has 0 radical (unpaired) electrons. The lowest BCUT2D eigenvalue weighted by atomic mass is 9.77. The quantitative estimate of drug-likeness (QED) is 0.0444. The minimum absolute atomic E-state index is 0.0334. The van der Waals surface area contributed by atoms with Crippen molar-refractivity contribution in [2.45, 2.75) is 43.4 Å². The Morgan fingerprint density at radius 3 is 1.94 bits per heavy atom. The van der Waals surface area contributed by atoms with Crippen molar-refractivity contribution in [1.29, 1.82) is 0 Å². The van der Waals surface area contributed by atoms with Crippen molar-refractivity contribution in [3.05, 3.63) is 83.1 Å². The largest absolute Gasteiger partial charge is 0.464 e. The van der Waals surface area contributed by atoms with Gasteiger partial charge in [0.05, 0.1) is 101 Å². The molecule has 18 nitrogen and oxygen atoms in total. The number of hydrogen-bond donors (Lipinski definition) is 4. The Kier molecular flexibility index (Phi) is 20.2. The van der Waals surface area contributed by atoms with Crippen LogP contribution in [0.3, 0.4) is 0 Å². The zero-order chi connectivity index (χ0) is 45.2. The third kappa shape index (κ3) is 16.2. The second-order valence-corrected chi connectivity index (χ2v) is 19.1. The highest BCUT2D eigenvalue weighted by Gasteiger charge is 2.43. The molecule has 0 saturated carbocycles. The van der Waals surface area contributed by atoms with E-state index in [1.54, 1.807) is 18.4 Å².